The number of aromatic nitrogens is 1. The van der Waals surface area contributed by atoms with Crippen LogP contribution in [0.5, 0.6) is 5.75 Å². The number of ketones is 1. The van der Waals surface area contributed by atoms with Gasteiger partial charge < -0.3 is 4.74 Å². The van der Waals surface area contributed by atoms with Crippen LogP contribution in [-0.4, -0.2) is 17.9 Å². The molecular formula is C14H13NO2. The van der Waals surface area contributed by atoms with Crippen LogP contribution >= 0.6 is 0 Å². The molecule has 1 aromatic carbocycles. The summed E-state index contributed by atoms with van der Waals surface area (Å²) in [6.45, 7) is 0. The fraction of sp³-hybridized carbons (Fsp3) is 0.143. The van der Waals surface area contributed by atoms with Crippen LogP contribution in [-0.2, 0) is 6.42 Å². The zero-order valence-electron chi connectivity index (χ0n) is 9.59. The van der Waals surface area contributed by atoms with Gasteiger partial charge in [-0.2, -0.15) is 0 Å². The van der Waals surface area contributed by atoms with Crippen molar-refractivity contribution in [2.75, 3.05) is 7.11 Å². The number of hydrogen-bond acceptors (Lipinski definition) is 3. The highest BCUT2D eigenvalue weighted by Gasteiger charge is 2.11. The van der Waals surface area contributed by atoms with E-state index in [-0.39, 0.29) is 5.78 Å². The second-order valence-electron chi connectivity index (χ2n) is 3.66. The maximum Gasteiger partial charge on any atom is 0.171 e. The predicted octanol–water partition coefficient (Wildman–Crippen LogP) is 2.52. The fourth-order valence-electron chi connectivity index (χ4n) is 1.66. The molecule has 2 rings (SSSR count). The van der Waals surface area contributed by atoms with Crippen LogP contribution in [0.15, 0.2) is 48.8 Å². The minimum absolute atomic E-state index is 0.0375. The molecule has 2 aromatic rings. The molecule has 0 amide bonds. The number of methoxy groups -OCH3 is 1. The van der Waals surface area contributed by atoms with Crippen molar-refractivity contribution in [2.24, 2.45) is 0 Å². The molecule has 0 aliphatic rings. The second-order valence-corrected chi connectivity index (χ2v) is 3.66. The Morgan fingerprint density at radius 3 is 2.76 bits per heavy atom. The smallest absolute Gasteiger partial charge is 0.171 e. The molecule has 0 spiro atoms. The standard InChI is InChI=1S/C14H13NO2/c1-17-14-7-3-2-6-12(14)13(16)9-11-5-4-8-15-10-11/h2-8,10H,9H2,1H3. The Bertz CT molecular complexity index is 509. The van der Waals surface area contributed by atoms with E-state index in [2.05, 4.69) is 4.98 Å². The van der Waals surface area contributed by atoms with Crippen molar-refractivity contribution >= 4 is 5.78 Å². The van der Waals surface area contributed by atoms with E-state index in [1.54, 1.807) is 31.6 Å². The Labute approximate surface area is 100 Å². The van der Waals surface area contributed by atoms with Gasteiger partial charge in [-0.25, -0.2) is 0 Å². The summed E-state index contributed by atoms with van der Waals surface area (Å²) >= 11 is 0. The van der Waals surface area contributed by atoms with Crippen LogP contribution in [0, 0.1) is 0 Å². The maximum atomic E-state index is 12.1. The van der Waals surface area contributed by atoms with E-state index in [1.165, 1.54) is 0 Å². The molecule has 3 heteroatoms. The monoisotopic (exact) mass is 227 g/mol. The van der Waals surface area contributed by atoms with Crippen LogP contribution in [0.1, 0.15) is 15.9 Å². The van der Waals surface area contributed by atoms with E-state index in [9.17, 15) is 4.79 Å². The Balaban J connectivity index is 2.20. The second kappa shape index (κ2) is 5.25. The van der Waals surface area contributed by atoms with Gasteiger partial charge in [0.1, 0.15) is 5.75 Å². The highest BCUT2D eigenvalue weighted by atomic mass is 16.5. The topological polar surface area (TPSA) is 39.2 Å². The van der Waals surface area contributed by atoms with E-state index in [0.717, 1.165) is 5.56 Å². The number of nitrogens with zero attached hydrogens (tertiary/aromatic N) is 1. The Morgan fingerprint density at radius 1 is 1.24 bits per heavy atom. The number of hydrogen-bond donors (Lipinski definition) is 0. The van der Waals surface area contributed by atoms with Gasteiger partial charge in [0, 0.05) is 18.8 Å². The van der Waals surface area contributed by atoms with E-state index >= 15 is 0 Å². The van der Waals surface area contributed by atoms with Crippen molar-refractivity contribution in [1.82, 2.24) is 4.98 Å². The number of ether oxygens (including phenoxy) is 1. The number of pyridine rings is 1. The number of carbonyl (C=O) groups is 1. The molecule has 86 valence electrons. The van der Waals surface area contributed by atoms with Gasteiger partial charge in [0.2, 0.25) is 0 Å². The lowest BCUT2D eigenvalue weighted by atomic mass is 10.0. The van der Waals surface area contributed by atoms with Crippen LogP contribution in [0.2, 0.25) is 0 Å². The largest absolute Gasteiger partial charge is 0.496 e. The minimum atomic E-state index is 0.0375. The lowest BCUT2D eigenvalue weighted by Crippen LogP contribution is -2.05. The number of Topliss-reactive ketones (excluding diaryl/α,β-unsaturated/α-hetero) is 1. The Hall–Kier alpha value is -2.16. The number of benzene rings is 1. The quantitative estimate of drug-likeness (QED) is 0.753. The number of carbonyl (C=O) groups excluding carboxylic acids is 1. The molecule has 0 aliphatic carbocycles. The summed E-state index contributed by atoms with van der Waals surface area (Å²) in [7, 11) is 1.57. The molecular weight excluding hydrogens is 214 g/mol. The van der Waals surface area contributed by atoms with Gasteiger partial charge in [0.05, 0.1) is 12.7 Å². The van der Waals surface area contributed by atoms with Crippen LogP contribution in [0.3, 0.4) is 0 Å². The van der Waals surface area contributed by atoms with Crippen LogP contribution in [0.25, 0.3) is 0 Å². The van der Waals surface area contributed by atoms with Crippen molar-refractivity contribution < 1.29 is 9.53 Å². The van der Waals surface area contributed by atoms with Crippen molar-refractivity contribution in [2.45, 2.75) is 6.42 Å². The zero-order chi connectivity index (χ0) is 12.1. The number of rotatable bonds is 4. The summed E-state index contributed by atoms with van der Waals surface area (Å²) in [5.41, 5.74) is 1.52. The summed E-state index contributed by atoms with van der Waals surface area (Å²) < 4.78 is 5.17. The highest BCUT2D eigenvalue weighted by Crippen LogP contribution is 2.19. The Morgan fingerprint density at radius 2 is 2.06 bits per heavy atom. The van der Waals surface area contributed by atoms with Gasteiger partial charge in [-0.05, 0) is 23.8 Å². The maximum absolute atomic E-state index is 12.1. The molecule has 0 atom stereocenters. The molecule has 0 unspecified atom stereocenters. The van der Waals surface area contributed by atoms with Gasteiger partial charge >= 0.3 is 0 Å². The first kappa shape index (κ1) is 11.3. The average Bonchev–Trinajstić information content (AvgIpc) is 2.40. The van der Waals surface area contributed by atoms with E-state index in [1.807, 2.05) is 24.3 Å². The van der Waals surface area contributed by atoms with Gasteiger partial charge in [-0.15, -0.1) is 0 Å². The van der Waals surface area contributed by atoms with Crippen molar-refractivity contribution in [1.29, 1.82) is 0 Å². The lowest BCUT2D eigenvalue weighted by Gasteiger charge is -2.06. The first-order valence-electron chi connectivity index (χ1n) is 5.36. The van der Waals surface area contributed by atoms with Gasteiger partial charge in [0.25, 0.3) is 0 Å². The third-order valence-electron chi connectivity index (χ3n) is 2.49. The minimum Gasteiger partial charge on any atom is -0.496 e. The Kier molecular flexibility index (Phi) is 3.50. The molecule has 0 saturated heterocycles. The summed E-state index contributed by atoms with van der Waals surface area (Å²) in [6.07, 6.45) is 3.73. The molecule has 1 aromatic heterocycles. The summed E-state index contributed by atoms with van der Waals surface area (Å²) in [5, 5.41) is 0. The third-order valence-corrected chi connectivity index (χ3v) is 2.49. The van der Waals surface area contributed by atoms with E-state index in [0.29, 0.717) is 17.7 Å². The zero-order valence-corrected chi connectivity index (χ0v) is 9.59. The van der Waals surface area contributed by atoms with Crippen LogP contribution < -0.4 is 4.74 Å². The highest BCUT2D eigenvalue weighted by molar-refractivity contribution is 5.99. The van der Waals surface area contributed by atoms with Gasteiger partial charge in [0.15, 0.2) is 5.78 Å². The number of para-hydroxylation sites is 1. The molecule has 0 fully saturated rings. The van der Waals surface area contributed by atoms with Crippen molar-refractivity contribution in [3.05, 3.63) is 59.9 Å². The SMILES string of the molecule is COc1ccccc1C(=O)Cc1cccnc1. The molecule has 0 N–H and O–H groups in total. The average molecular weight is 227 g/mol. The van der Waals surface area contributed by atoms with Crippen LogP contribution in [0.4, 0.5) is 0 Å². The van der Waals surface area contributed by atoms with Crippen molar-refractivity contribution in [3.8, 4) is 5.75 Å². The third kappa shape index (κ3) is 2.69. The van der Waals surface area contributed by atoms with Crippen molar-refractivity contribution in [3.63, 3.8) is 0 Å². The molecule has 0 aliphatic heterocycles. The summed E-state index contributed by atoms with van der Waals surface area (Å²) in [4.78, 5) is 16.1. The molecule has 3 nitrogen and oxygen atoms in total. The first-order chi connectivity index (χ1) is 8.31. The lowest BCUT2D eigenvalue weighted by molar-refractivity contribution is 0.0990. The molecule has 0 bridgehead atoms. The summed E-state index contributed by atoms with van der Waals surface area (Å²) in [6, 6.07) is 11.0. The summed E-state index contributed by atoms with van der Waals surface area (Å²) in [5.74, 6) is 0.650. The predicted molar refractivity (Wildman–Crippen MR) is 65.3 cm³/mol. The molecule has 1 heterocycles. The van der Waals surface area contributed by atoms with E-state index in [4.69, 9.17) is 4.74 Å². The van der Waals surface area contributed by atoms with E-state index < -0.39 is 0 Å². The normalized spacial score (nSPS) is 9.94. The van der Waals surface area contributed by atoms with Gasteiger partial charge in [-0.1, -0.05) is 18.2 Å². The molecule has 0 radical (unpaired) electrons. The van der Waals surface area contributed by atoms with Gasteiger partial charge in [-0.3, -0.25) is 9.78 Å². The first-order valence-corrected chi connectivity index (χ1v) is 5.36. The molecule has 17 heavy (non-hydrogen) atoms. The fourth-order valence-corrected chi connectivity index (χ4v) is 1.66. The molecule has 0 saturated carbocycles.